The summed E-state index contributed by atoms with van der Waals surface area (Å²) >= 11 is 0. The molecule has 18 heavy (non-hydrogen) atoms. The van der Waals surface area contributed by atoms with Gasteiger partial charge in [0.05, 0.1) is 6.61 Å². The molecule has 0 spiro atoms. The number of rotatable bonds is 7. The van der Waals surface area contributed by atoms with Crippen molar-refractivity contribution in [1.29, 1.82) is 0 Å². The predicted octanol–water partition coefficient (Wildman–Crippen LogP) is 4.51. The average molecular weight is 256 g/mol. The Bertz CT molecular complexity index is 231. The van der Waals surface area contributed by atoms with Crippen molar-refractivity contribution in [2.24, 2.45) is 11.3 Å². The lowest BCUT2D eigenvalue weighted by Gasteiger charge is -2.42. The van der Waals surface area contributed by atoms with Gasteiger partial charge in [0.25, 0.3) is 0 Å². The van der Waals surface area contributed by atoms with Gasteiger partial charge in [0, 0.05) is 0 Å². The van der Waals surface area contributed by atoms with E-state index >= 15 is 0 Å². The summed E-state index contributed by atoms with van der Waals surface area (Å²) in [7, 11) is 0. The third-order valence-corrected chi connectivity index (χ3v) is 4.72. The van der Waals surface area contributed by atoms with Gasteiger partial charge in [0.1, 0.15) is 0 Å². The minimum atomic E-state index is -0.901. The van der Waals surface area contributed by atoms with Gasteiger partial charge < -0.3 is 9.84 Å². The number of aliphatic hydroxyl groups is 1. The monoisotopic (exact) mass is 256 g/mol. The molecule has 1 aliphatic rings. The van der Waals surface area contributed by atoms with Crippen LogP contribution in [0.2, 0.25) is 0 Å². The van der Waals surface area contributed by atoms with Gasteiger partial charge in [0.15, 0.2) is 5.79 Å². The standard InChI is InChI=1S/C16H32O2/c1-5-10-15(11-8-9-14(4)12-15)13-18-16(17,6-2)7-3/h14,17H,5-13H2,1-4H3/t14-,15?/m1/s1. The molecule has 0 heterocycles. The average Bonchev–Trinajstić information content (AvgIpc) is 2.36. The summed E-state index contributed by atoms with van der Waals surface area (Å²) in [4.78, 5) is 0. The lowest BCUT2D eigenvalue weighted by molar-refractivity contribution is -0.226. The Kier molecular flexibility index (Phi) is 6.13. The van der Waals surface area contributed by atoms with Crippen LogP contribution in [0.1, 0.15) is 79.1 Å². The Morgan fingerprint density at radius 1 is 1.28 bits per heavy atom. The van der Waals surface area contributed by atoms with E-state index < -0.39 is 5.79 Å². The molecule has 2 nitrogen and oxygen atoms in total. The summed E-state index contributed by atoms with van der Waals surface area (Å²) in [5.74, 6) is -0.0909. The second-order valence-corrected chi connectivity index (χ2v) is 6.39. The molecule has 0 radical (unpaired) electrons. The van der Waals surface area contributed by atoms with Crippen LogP contribution in [0.5, 0.6) is 0 Å². The van der Waals surface area contributed by atoms with Crippen molar-refractivity contribution >= 4 is 0 Å². The fourth-order valence-corrected chi connectivity index (χ4v) is 3.47. The van der Waals surface area contributed by atoms with Crippen LogP contribution in [-0.2, 0) is 4.74 Å². The Morgan fingerprint density at radius 3 is 2.44 bits per heavy atom. The van der Waals surface area contributed by atoms with Crippen LogP contribution in [0.4, 0.5) is 0 Å². The van der Waals surface area contributed by atoms with E-state index in [0.717, 1.165) is 12.5 Å². The van der Waals surface area contributed by atoms with Crippen LogP contribution < -0.4 is 0 Å². The van der Waals surface area contributed by atoms with E-state index in [-0.39, 0.29) is 0 Å². The van der Waals surface area contributed by atoms with Crippen molar-refractivity contribution < 1.29 is 9.84 Å². The van der Waals surface area contributed by atoms with Gasteiger partial charge in [-0.05, 0) is 43.4 Å². The lowest BCUT2D eigenvalue weighted by atomic mass is 9.68. The Morgan fingerprint density at radius 2 is 1.94 bits per heavy atom. The van der Waals surface area contributed by atoms with Crippen molar-refractivity contribution in [2.75, 3.05) is 6.61 Å². The van der Waals surface area contributed by atoms with E-state index in [1.807, 2.05) is 13.8 Å². The maximum Gasteiger partial charge on any atom is 0.164 e. The van der Waals surface area contributed by atoms with Gasteiger partial charge in [-0.1, -0.05) is 47.0 Å². The summed E-state index contributed by atoms with van der Waals surface area (Å²) in [5.41, 5.74) is 0.324. The molecule has 0 aromatic heterocycles. The molecule has 1 fully saturated rings. The first kappa shape index (κ1) is 16.0. The zero-order valence-corrected chi connectivity index (χ0v) is 12.8. The maximum absolute atomic E-state index is 10.3. The van der Waals surface area contributed by atoms with Gasteiger partial charge in [-0.25, -0.2) is 0 Å². The van der Waals surface area contributed by atoms with E-state index in [0.29, 0.717) is 18.3 Å². The maximum atomic E-state index is 10.3. The van der Waals surface area contributed by atoms with Crippen LogP contribution in [0.15, 0.2) is 0 Å². The fraction of sp³-hybridized carbons (Fsp3) is 1.00. The van der Waals surface area contributed by atoms with Crippen molar-refractivity contribution in [3.8, 4) is 0 Å². The highest BCUT2D eigenvalue weighted by atomic mass is 16.6. The number of hydrogen-bond acceptors (Lipinski definition) is 2. The Balaban J connectivity index is 2.62. The second kappa shape index (κ2) is 6.91. The molecule has 0 aliphatic heterocycles. The number of ether oxygens (including phenoxy) is 1. The van der Waals surface area contributed by atoms with Crippen molar-refractivity contribution in [3.05, 3.63) is 0 Å². The second-order valence-electron chi connectivity index (χ2n) is 6.39. The SMILES string of the molecule is CCCC1(COC(O)(CC)CC)CCC[C@@H](C)C1. The molecule has 1 aliphatic carbocycles. The van der Waals surface area contributed by atoms with E-state index in [1.54, 1.807) is 0 Å². The lowest BCUT2D eigenvalue weighted by Crippen LogP contribution is -2.39. The molecule has 0 saturated heterocycles. The van der Waals surface area contributed by atoms with Crippen LogP contribution in [0.25, 0.3) is 0 Å². The molecule has 0 amide bonds. The summed E-state index contributed by atoms with van der Waals surface area (Å²) in [6.07, 6.45) is 9.04. The molecule has 2 atom stereocenters. The molecule has 108 valence electrons. The predicted molar refractivity (Wildman–Crippen MR) is 76.5 cm³/mol. The minimum absolute atomic E-state index is 0.324. The fourth-order valence-electron chi connectivity index (χ4n) is 3.47. The van der Waals surface area contributed by atoms with Crippen molar-refractivity contribution in [1.82, 2.24) is 0 Å². The Labute approximate surface area is 113 Å². The molecule has 0 aromatic carbocycles. The molecule has 0 bridgehead atoms. The molecular weight excluding hydrogens is 224 g/mol. The van der Waals surface area contributed by atoms with Gasteiger partial charge >= 0.3 is 0 Å². The molecule has 2 heteroatoms. The molecule has 1 rings (SSSR count). The van der Waals surface area contributed by atoms with Gasteiger partial charge in [-0.3, -0.25) is 0 Å². The molecule has 0 aromatic rings. The van der Waals surface area contributed by atoms with Crippen LogP contribution >= 0.6 is 0 Å². The zero-order chi connectivity index (χ0) is 13.6. The van der Waals surface area contributed by atoms with Crippen molar-refractivity contribution in [3.63, 3.8) is 0 Å². The van der Waals surface area contributed by atoms with Crippen molar-refractivity contribution in [2.45, 2.75) is 84.8 Å². The highest BCUT2D eigenvalue weighted by Crippen LogP contribution is 2.43. The molecule has 1 saturated carbocycles. The van der Waals surface area contributed by atoms with Gasteiger partial charge in [-0.15, -0.1) is 0 Å². The van der Waals surface area contributed by atoms with E-state index in [4.69, 9.17) is 4.74 Å². The first-order chi connectivity index (χ1) is 8.49. The normalized spacial score (nSPS) is 29.5. The van der Waals surface area contributed by atoms with E-state index in [9.17, 15) is 5.11 Å². The number of hydrogen-bond donors (Lipinski definition) is 1. The summed E-state index contributed by atoms with van der Waals surface area (Å²) < 4.78 is 5.93. The highest BCUT2D eigenvalue weighted by molar-refractivity contribution is 4.85. The topological polar surface area (TPSA) is 29.5 Å². The third-order valence-electron chi connectivity index (χ3n) is 4.72. The molecule has 1 unspecified atom stereocenters. The quantitative estimate of drug-likeness (QED) is 0.679. The van der Waals surface area contributed by atoms with Gasteiger partial charge in [0.2, 0.25) is 0 Å². The van der Waals surface area contributed by atoms with Crippen LogP contribution in [0.3, 0.4) is 0 Å². The summed E-state index contributed by atoms with van der Waals surface area (Å²) in [6, 6.07) is 0. The minimum Gasteiger partial charge on any atom is -0.365 e. The largest absolute Gasteiger partial charge is 0.365 e. The molecular formula is C16H32O2. The first-order valence-corrected chi connectivity index (χ1v) is 7.85. The van der Waals surface area contributed by atoms with E-state index in [2.05, 4.69) is 13.8 Å². The highest BCUT2D eigenvalue weighted by Gasteiger charge is 2.36. The third kappa shape index (κ3) is 4.24. The summed E-state index contributed by atoms with van der Waals surface area (Å²) in [6.45, 7) is 9.35. The van der Waals surface area contributed by atoms with Gasteiger partial charge in [-0.2, -0.15) is 0 Å². The van der Waals surface area contributed by atoms with E-state index in [1.165, 1.54) is 38.5 Å². The van der Waals surface area contributed by atoms with Crippen LogP contribution in [0, 0.1) is 11.3 Å². The zero-order valence-electron chi connectivity index (χ0n) is 12.8. The smallest absolute Gasteiger partial charge is 0.164 e. The summed E-state index contributed by atoms with van der Waals surface area (Å²) in [5, 5.41) is 10.3. The molecule has 1 N–H and O–H groups in total. The Hall–Kier alpha value is -0.0800. The first-order valence-electron chi connectivity index (χ1n) is 7.85. The van der Waals surface area contributed by atoms with Crippen LogP contribution in [-0.4, -0.2) is 17.5 Å².